The Morgan fingerprint density at radius 2 is 1.78 bits per heavy atom. The van der Waals surface area contributed by atoms with Gasteiger partial charge in [-0.1, -0.05) is 18.2 Å². The summed E-state index contributed by atoms with van der Waals surface area (Å²) in [6.07, 6.45) is 1.56. The maximum atomic E-state index is 13.1. The average Bonchev–Trinajstić information content (AvgIpc) is 3.18. The highest BCUT2D eigenvalue weighted by molar-refractivity contribution is 9.10. The summed E-state index contributed by atoms with van der Waals surface area (Å²) in [5.41, 5.74) is 3.70. The first-order valence-electron chi connectivity index (χ1n) is 12.5. The molecule has 4 rings (SSSR count). The van der Waals surface area contributed by atoms with Crippen LogP contribution in [0.15, 0.2) is 64.0 Å². The third kappa shape index (κ3) is 7.14. The Labute approximate surface area is 249 Å². The van der Waals surface area contributed by atoms with Gasteiger partial charge >= 0.3 is 0 Å². The minimum atomic E-state index is -0.566. The second-order valence-electron chi connectivity index (χ2n) is 9.06. The van der Waals surface area contributed by atoms with Crippen molar-refractivity contribution in [2.75, 3.05) is 18.5 Å². The molecule has 1 aliphatic rings. The molecule has 0 aliphatic carbocycles. The van der Waals surface area contributed by atoms with Crippen LogP contribution in [0.5, 0.6) is 11.5 Å². The number of aryl methyl sites for hydroxylation is 2. The molecule has 0 radical (unpaired) electrons. The first-order chi connectivity index (χ1) is 19.6. The highest BCUT2D eigenvalue weighted by Crippen LogP contribution is 2.40. The molecule has 41 heavy (non-hydrogen) atoms. The minimum Gasteiger partial charge on any atom is -0.490 e. The van der Waals surface area contributed by atoms with Gasteiger partial charge in [-0.25, -0.2) is 0 Å². The Balaban J connectivity index is 1.49. The van der Waals surface area contributed by atoms with Gasteiger partial charge in [-0.05, 0) is 101 Å². The van der Waals surface area contributed by atoms with Crippen LogP contribution < -0.4 is 14.8 Å². The van der Waals surface area contributed by atoms with E-state index in [0.717, 1.165) is 33.4 Å². The zero-order chi connectivity index (χ0) is 29.7. The number of para-hydroxylation sites is 1. The molecule has 212 valence electrons. The highest BCUT2D eigenvalue weighted by atomic mass is 79.9. The van der Waals surface area contributed by atoms with E-state index in [1.54, 1.807) is 30.3 Å². The Hall–Kier alpha value is -4.16. The number of non-ortho nitro benzene ring substituents is 1. The molecule has 1 N–H and O–H groups in total. The molecule has 1 heterocycles. The molecular weight excluding hydrogens is 614 g/mol. The summed E-state index contributed by atoms with van der Waals surface area (Å²) in [6, 6.07) is 15.0. The number of carbonyl (C=O) groups is 3. The number of anilines is 1. The normalized spacial score (nSPS) is 14.0. The molecule has 3 aromatic rings. The van der Waals surface area contributed by atoms with Gasteiger partial charge in [-0.2, -0.15) is 0 Å². The van der Waals surface area contributed by atoms with Crippen LogP contribution in [-0.4, -0.2) is 40.0 Å². The summed E-state index contributed by atoms with van der Waals surface area (Å²) in [6.45, 7) is 5.63. The minimum absolute atomic E-state index is 0.0132. The number of rotatable bonds is 10. The zero-order valence-corrected chi connectivity index (χ0v) is 24.8. The van der Waals surface area contributed by atoms with Crippen molar-refractivity contribution in [3.63, 3.8) is 0 Å². The van der Waals surface area contributed by atoms with Gasteiger partial charge in [0.1, 0.15) is 13.2 Å². The predicted molar refractivity (Wildman–Crippen MR) is 160 cm³/mol. The van der Waals surface area contributed by atoms with Gasteiger partial charge in [0, 0.05) is 17.8 Å². The van der Waals surface area contributed by atoms with E-state index in [0.29, 0.717) is 33.8 Å². The van der Waals surface area contributed by atoms with Crippen molar-refractivity contribution >= 4 is 62.2 Å². The van der Waals surface area contributed by atoms with Crippen molar-refractivity contribution in [1.29, 1.82) is 0 Å². The molecular formula is C29H26BrN3O7S. The Morgan fingerprint density at radius 3 is 2.41 bits per heavy atom. The van der Waals surface area contributed by atoms with Crippen molar-refractivity contribution in [2.45, 2.75) is 27.4 Å². The molecule has 3 amide bonds. The number of hydrogen-bond acceptors (Lipinski definition) is 8. The van der Waals surface area contributed by atoms with E-state index in [2.05, 4.69) is 21.2 Å². The van der Waals surface area contributed by atoms with Gasteiger partial charge in [-0.3, -0.25) is 29.4 Å². The Bertz CT molecular complexity index is 1540. The van der Waals surface area contributed by atoms with Crippen LogP contribution in [0.3, 0.4) is 0 Å². The largest absolute Gasteiger partial charge is 0.490 e. The summed E-state index contributed by atoms with van der Waals surface area (Å²) >= 11 is 4.25. The smallest absolute Gasteiger partial charge is 0.294 e. The maximum Gasteiger partial charge on any atom is 0.294 e. The van der Waals surface area contributed by atoms with Crippen LogP contribution in [0.4, 0.5) is 16.2 Å². The molecule has 0 saturated carbocycles. The lowest BCUT2D eigenvalue weighted by molar-refractivity contribution is -0.384. The number of amides is 3. The fourth-order valence-corrected chi connectivity index (χ4v) is 5.48. The first kappa shape index (κ1) is 29.8. The molecule has 12 heteroatoms. The molecule has 0 spiro atoms. The fourth-order valence-electron chi connectivity index (χ4n) is 4.07. The monoisotopic (exact) mass is 639 g/mol. The third-order valence-corrected chi connectivity index (χ3v) is 7.58. The molecule has 10 nitrogen and oxygen atoms in total. The Morgan fingerprint density at radius 1 is 1.10 bits per heavy atom. The number of imide groups is 1. The number of nitrogens with one attached hydrogen (secondary N) is 1. The van der Waals surface area contributed by atoms with E-state index in [1.807, 2.05) is 39.0 Å². The van der Waals surface area contributed by atoms with Crippen LogP contribution in [0.2, 0.25) is 0 Å². The number of nitro groups is 1. The van der Waals surface area contributed by atoms with Crippen molar-refractivity contribution < 1.29 is 28.8 Å². The lowest BCUT2D eigenvalue weighted by atomic mass is 10.1. The molecule has 0 aromatic heterocycles. The molecule has 3 aromatic carbocycles. The van der Waals surface area contributed by atoms with Crippen LogP contribution >= 0.6 is 27.7 Å². The number of nitrogens with zero attached hydrogens (tertiary/aromatic N) is 2. The van der Waals surface area contributed by atoms with E-state index in [9.17, 15) is 24.5 Å². The standard InChI is InChI=1S/C29H26BrN3O7S/c1-4-39-23-13-20(12-22(30)27(23)40-16-19-8-10-21(11-9-19)33(37)38)14-24-28(35)32(29(36)41-24)15-25(34)31-26-17(2)6-5-7-18(26)3/h5-14H,4,15-16H2,1-3H3,(H,31,34)/b24-14+. The summed E-state index contributed by atoms with van der Waals surface area (Å²) in [5, 5.41) is 13.1. The summed E-state index contributed by atoms with van der Waals surface area (Å²) < 4.78 is 12.3. The van der Waals surface area contributed by atoms with Crippen LogP contribution in [-0.2, 0) is 16.2 Å². The topological polar surface area (TPSA) is 128 Å². The number of halogens is 1. The van der Waals surface area contributed by atoms with E-state index >= 15 is 0 Å². The second kappa shape index (κ2) is 13.0. The number of benzene rings is 3. The van der Waals surface area contributed by atoms with E-state index in [4.69, 9.17) is 9.47 Å². The highest BCUT2D eigenvalue weighted by Gasteiger charge is 2.36. The van der Waals surface area contributed by atoms with Gasteiger partial charge in [0.25, 0.3) is 16.8 Å². The van der Waals surface area contributed by atoms with Crippen molar-refractivity contribution in [3.8, 4) is 11.5 Å². The average molecular weight is 641 g/mol. The maximum absolute atomic E-state index is 13.1. The quantitative estimate of drug-likeness (QED) is 0.149. The van der Waals surface area contributed by atoms with Crippen molar-refractivity contribution in [2.24, 2.45) is 0 Å². The summed E-state index contributed by atoms with van der Waals surface area (Å²) in [7, 11) is 0. The lowest BCUT2D eigenvalue weighted by Gasteiger charge is -2.15. The first-order valence-corrected chi connectivity index (χ1v) is 14.1. The molecule has 1 fully saturated rings. The van der Waals surface area contributed by atoms with Crippen LogP contribution in [0.25, 0.3) is 6.08 Å². The van der Waals surface area contributed by atoms with Gasteiger partial charge in [-0.15, -0.1) is 0 Å². The van der Waals surface area contributed by atoms with E-state index in [1.165, 1.54) is 12.1 Å². The fraction of sp³-hybridized carbons (Fsp3) is 0.207. The molecule has 0 bridgehead atoms. The SMILES string of the molecule is CCOc1cc(/C=C2/SC(=O)N(CC(=O)Nc3c(C)cccc3C)C2=O)cc(Br)c1OCc1ccc([N+](=O)[O-])cc1. The molecule has 1 saturated heterocycles. The second-order valence-corrected chi connectivity index (χ2v) is 10.9. The summed E-state index contributed by atoms with van der Waals surface area (Å²) in [4.78, 5) is 49.9. The summed E-state index contributed by atoms with van der Waals surface area (Å²) in [5.74, 6) is -0.216. The number of carbonyl (C=O) groups excluding carboxylic acids is 3. The predicted octanol–water partition coefficient (Wildman–Crippen LogP) is 6.63. The van der Waals surface area contributed by atoms with Gasteiger partial charge in [0.05, 0.1) is 20.9 Å². The number of nitro benzene ring substituents is 1. The number of thioether (sulfide) groups is 1. The Kier molecular flexibility index (Phi) is 9.46. The number of ether oxygens (including phenoxy) is 2. The molecule has 1 aliphatic heterocycles. The molecule has 0 atom stereocenters. The van der Waals surface area contributed by atoms with Gasteiger partial charge < -0.3 is 14.8 Å². The van der Waals surface area contributed by atoms with Crippen molar-refractivity contribution in [3.05, 3.63) is 96.3 Å². The van der Waals surface area contributed by atoms with Crippen molar-refractivity contribution in [1.82, 2.24) is 4.90 Å². The van der Waals surface area contributed by atoms with E-state index in [-0.39, 0.29) is 17.2 Å². The van der Waals surface area contributed by atoms with Gasteiger partial charge in [0.15, 0.2) is 11.5 Å². The van der Waals surface area contributed by atoms with Crippen LogP contribution in [0.1, 0.15) is 29.2 Å². The van der Waals surface area contributed by atoms with E-state index < -0.39 is 28.5 Å². The number of hydrogen-bond donors (Lipinski definition) is 1. The zero-order valence-electron chi connectivity index (χ0n) is 22.4. The van der Waals surface area contributed by atoms with Crippen LogP contribution in [0, 0.1) is 24.0 Å². The lowest BCUT2D eigenvalue weighted by Crippen LogP contribution is -2.36. The van der Waals surface area contributed by atoms with Gasteiger partial charge in [0.2, 0.25) is 5.91 Å². The third-order valence-electron chi connectivity index (χ3n) is 6.08. The molecule has 0 unspecified atom stereocenters.